The van der Waals surface area contributed by atoms with Gasteiger partial charge in [0.1, 0.15) is 6.61 Å². The summed E-state index contributed by atoms with van der Waals surface area (Å²) in [4.78, 5) is 0. The fraction of sp³-hybridized carbons (Fsp3) is 0.600. The van der Waals surface area contributed by atoms with E-state index in [1.54, 1.807) is 0 Å². The summed E-state index contributed by atoms with van der Waals surface area (Å²) in [6.07, 6.45) is 2.02. The molecule has 1 aromatic carbocycles. The van der Waals surface area contributed by atoms with Crippen molar-refractivity contribution in [3.63, 3.8) is 0 Å². The van der Waals surface area contributed by atoms with Crippen molar-refractivity contribution in [1.29, 1.82) is 0 Å². The van der Waals surface area contributed by atoms with Gasteiger partial charge in [-0.1, -0.05) is 19.9 Å². The van der Waals surface area contributed by atoms with Gasteiger partial charge in [0, 0.05) is 6.04 Å². The predicted molar refractivity (Wildman–Crippen MR) is 72.7 cm³/mol. The van der Waals surface area contributed by atoms with Gasteiger partial charge in [-0.05, 0) is 30.9 Å². The molecule has 2 N–H and O–H groups in total. The van der Waals surface area contributed by atoms with Crippen molar-refractivity contribution in [1.82, 2.24) is 5.32 Å². The Bertz CT molecular complexity index is 463. The topological polar surface area (TPSA) is 41.5 Å². The lowest BCUT2D eigenvalue weighted by Crippen LogP contribution is -2.57. The largest absolute Gasteiger partial charge is 0.488 e. The molecule has 1 aromatic rings. The first-order valence-electron chi connectivity index (χ1n) is 6.94. The SMILES string of the molecule is CC(C)NC(CO)(COc1cccc(F)c1F)C1CC1. The summed E-state index contributed by atoms with van der Waals surface area (Å²) in [6, 6.07) is 4.02. The summed E-state index contributed by atoms with van der Waals surface area (Å²) in [5.41, 5.74) is -0.590. The van der Waals surface area contributed by atoms with E-state index < -0.39 is 17.2 Å². The number of hydrogen-bond acceptors (Lipinski definition) is 3. The number of aliphatic hydroxyl groups excluding tert-OH is 1. The van der Waals surface area contributed by atoms with Gasteiger partial charge in [-0.2, -0.15) is 4.39 Å². The Morgan fingerprint density at radius 3 is 2.65 bits per heavy atom. The number of halogens is 2. The predicted octanol–water partition coefficient (Wildman–Crippen LogP) is 2.48. The molecule has 0 aliphatic heterocycles. The van der Waals surface area contributed by atoms with Crippen LogP contribution in [0.5, 0.6) is 5.75 Å². The number of ether oxygens (including phenoxy) is 1. The Labute approximate surface area is 117 Å². The van der Waals surface area contributed by atoms with Gasteiger partial charge in [0.25, 0.3) is 0 Å². The Hall–Kier alpha value is -1.20. The van der Waals surface area contributed by atoms with Crippen LogP contribution in [0.1, 0.15) is 26.7 Å². The Morgan fingerprint density at radius 1 is 1.40 bits per heavy atom. The molecular weight excluding hydrogens is 264 g/mol. The van der Waals surface area contributed by atoms with Crippen molar-refractivity contribution in [2.45, 2.75) is 38.3 Å². The molecule has 1 unspecified atom stereocenters. The lowest BCUT2D eigenvalue weighted by Gasteiger charge is -2.35. The zero-order valence-electron chi connectivity index (χ0n) is 11.8. The van der Waals surface area contributed by atoms with E-state index in [4.69, 9.17) is 4.74 Å². The molecule has 1 aliphatic rings. The van der Waals surface area contributed by atoms with Crippen LogP contribution in [0.4, 0.5) is 8.78 Å². The van der Waals surface area contributed by atoms with E-state index in [0.717, 1.165) is 18.9 Å². The van der Waals surface area contributed by atoms with Crippen LogP contribution in [0.15, 0.2) is 18.2 Å². The van der Waals surface area contributed by atoms with Crippen LogP contribution in [-0.4, -0.2) is 29.9 Å². The Balaban J connectivity index is 2.10. The van der Waals surface area contributed by atoms with Crippen LogP contribution < -0.4 is 10.1 Å². The minimum Gasteiger partial charge on any atom is -0.488 e. The van der Waals surface area contributed by atoms with E-state index >= 15 is 0 Å². The maximum absolute atomic E-state index is 13.6. The highest BCUT2D eigenvalue weighted by molar-refractivity contribution is 5.25. The third kappa shape index (κ3) is 3.27. The molecule has 1 fully saturated rings. The van der Waals surface area contributed by atoms with Crippen LogP contribution in [0.2, 0.25) is 0 Å². The smallest absolute Gasteiger partial charge is 0.200 e. The Morgan fingerprint density at radius 2 is 2.10 bits per heavy atom. The Kier molecular flexibility index (Phi) is 4.60. The summed E-state index contributed by atoms with van der Waals surface area (Å²) in [6.45, 7) is 3.99. The quantitative estimate of drug-likeness (QED) is 0.808. The molecule has 112 valence electrons. The van der Waals surface area contributed by atoms with Gasteiger partial charge >= 0.3 is 0 Å². The van der Waals surface area contributed by atoms with Crippen LogP contribution in [0.3, 0.4) is 0 Å². The van der Waals surface area contributed by atoms with Crippen LogP contribution in [0.25, 0.3) is 0 Å². The molecule has 1 atom stereocenters. The summed E-state index contributed by atoms with van der Waals surface area (Å²) in [5, 5.41) is 13.0. The fourth-order valence-electron chi connectivity index (χ4n) is 2.51. The fourth-order valence-corrected chi connectivity index (χ4v) is 2.51. The molecule has 1 aliphatic carbocycles. The number of nitrogens with one attached hydrogen (secondary N) is 1. The van der Waals surface area contributed by atoms with Crippen LogP contribution in [0, 0.1) is 17.6 Å². The second kappa shape index (κ2) is 6.06. The highest BCUT2D eigenvalue weighted by Gasteiger charge is 2.46. The maximum atomic E-state index is 13.6. The van der Waals surface area contributed by atoms with Gasteiger partial charge in [0.2, 0.25) is 5.82 Å². The zero-order chi connectivity index (χ0) is 14.8. The summed E-state index contributed by atoms with van der Waals surface area (Å²) < 4.78 is 32.2. The molecule has 0 aromatic heterocycles. The molecule has 3 nitrogen and oxygen atoms in total. The maximum Gasteiger partial charge on any atom is 0.200 e. The molecule has 20 heavy (non-hydrogen) atoms. The monoisotopic (exact) mass is 285 g/mol. The lowest BCUT2D eigenvalue weighted by molar-refractivity contribution is 0.0758. The first-order valence-corrected chi connectivity index (χ1v) is 6.94. The molecule has 0 bridgehead atoms. The first-order chi connectivity index (χ1) is 9.48. The van der Waals surface area contributed by atoms with E-state index in [1.165, 1.54) is 12.1 Å². The van der Waals surface area contributed by atoms with Crippen molar-refractivity contribution < 1.29 is 18.6 Å². The van der Waals surface area contributed by atoms with Crippen molar-refractivity contribution in [2.75, 3.05) is 13.2 Å². The molecule has 0 amide bonds. The van der Waals surface area contributed by atoms with Gasteiger partial charge in [0.05, 0.1) is 12.1 Å². The van der Waals surface area contributed by atoms with Gasteiger partial charge < -0.3 is 15.2 Å². The van der Waals surface area contributed by atoms with E-state index in [9.17, 15) is 13.9 Å². The van der Waals surface area contributed by atoms with Crippen molar-refractivity contribution in [3.05, 3.63) is 29.8 Å². The van der Waals surface area contributed by atoms with Crippen molar-refractivity contribution in [3.8, 4) is 5.75 Å². The summed E-state index contributed by atoms with van der Waals surface area (Å²) >= 11 is 0. The van der Waals surface area contributed by atoms with Gasteiger partial charge in [-0.3, -0.25) is 0 Å². The number of rotatable bonds is 7. The highest BCUT2D eigenvalue weighted by Crippen LogP contribution is 2.40. The van der Waals surface area contributed by atoms with Crippen molar-refractivity contribution in [2.24, 2.45) is 5.92 Å². The number of aliphatic hydroxyl groups is 1. The van der Waals surface area contributed by atoms with Gasteiger partial charge in [-0.15, -0.1) is 0 Å². The number of hydrogen-bond donors (Lipinski definition) is 2. The van der Waals surface area contributed by atoms with E-state index in [0.29, 0.717) is 5.92 Å². The molecule has 5 heteroatoms. The lowest BCUT2D eigenvalue weighted by atomic mass is 9.94. The molecule has 0 spiro atoms. The molecule has 0 saturated heterocycles. The summed E-state index contributed by atoms with van der Waals surface area (Å²) in [5.74, 6) is -1.72. The average Bonchev–Trinajstić information content (AvgIpc) is 3.23. The van der Waals surface area contributed by atoms with E-state index in [-0.39, 0.29) is 25.0 Å². The molecule has 0 heterocycles. The minimum absolute atomic E-state index is 0.0905. The van der Waals surface area contributed by atoms with Crippen LogP contribution >= 0.6 is 0 Å². The van der Waals surface area contributed by atoms with Gasteiger partial charge in [0.15, 0.2) is 11.6 Å². The first kappa shape index (κ1) is 15.2. The van der Waals surface area contributed by atoms with Crippen LogP contribution in [-0.2, 0) is 0 Å². The highest BCUT2D eigenvalue weighted by atomic mass is 19.2. The molecule has 2 rings (SSSR count). The standard InChI is InChI=1S/C15H21F2NO2/c1-10(2)18-15(8-19,11-6-7-11)9-20-13-5-3-4-12(16)14(13)17/h3-5,10-11,18-19H,6-9H2,1-2H3. The summed E-state index contributed by atoms with van der Waals surface area (Å²) in [7, 11) is 0. The normalized spacial score (nSPS) is 18.1. The van der Waals surface area contributed by atoms with E-state index in [1.807, 2.05) is 13.8 Å². The average molecular weight is 285 g/mol. The van der Waals surface area contributed by atoms with Crippen molar-refractivity contribution >= 4 is 0 Å². The van der Waals surface area contributed by atoms with E-state index in [2.05, 4.69) is 5.32 Å². The third-order valence-corrected chi connectivity index (χ3v) is 3.62. The zero-order valence-corrected chi connectivity index (χ0v) is 11.8. The molecular formula is C15H21F2NO2. The second-order valence-corrected chi connectivity index (χ2v) is 5.73. The molecule has 0 radical (unpaired) electrons. The minimum atomic E-state index is -0.986. The third-order valence-electron chi connectivity index (χ3n) is 3.62. The van der Waals surface area contributed by atoms with Gasteiger partial charge in [-0.25, -0.2) is 4.39 Å². The second-order valence-electron chi connectivity index (χ2n) is 5.73. The molecule has 1 saturated carbocycles. The number of benzene rings is 1.